The van der Waals surface area contributed by atoms with E-state index in [-0.39, 0.29) is 0 Å². The third kappa shape index (κ3) is 1.63. The van der Waals surface area contributed by atoms with Crippen molar-refractivity contribution in [1.29, 1.82) is 0 Å². The van der Waals surface area contributed by atoms with Crippen molar-refractivity contribution >= 4 is 33.5 Å². The molecule has 0 aliphatic rings. The van der Waals surface area contributed by atoms with Gasteiger partial charge < -0.3 is 5.73 Å². The lowest BCUT2D eigenvalue weighted by atomic mass is 10.3. The molecule has 2 N–H and O–H groups in total. The van der Waals surface area contributed by atoms with E-state index in [0.29, 0.717) is 11.0 Å². The Morgan fingerprint density at radius 1 is 1.43 bits per heavy atom. The van der Waals surface area contributed by atoms with Crippen molar-refractivity contribution in [2.24, 2.45) is 0 Å². The number of benzene rings is 1. The van der Waals surface area contributed by atoms with Crippen LogP contribution in [-0.4, -0.2) is 9.55 Å². The lowest BCUT2D eigenvalue weighted by Gasteiger charge is -2.05. The molecule has 0 aliphatic heterocycles. The van der Waals surface area contributed by atoms with Crippen LogP contribution in [0.15, 0.2) is 35.1 Å². The van der Waals surface area contributed by atoms with Crippen LogP contribution in [-0.2, 0) is 0 Å². The van der Waals surface area contributed by atoms with E-state index in [0.717, 1.165) is 10.2 Å². The van der Waals surface area contributed by atoms with E-state index in [1.54, 1.807) is 23.0 Å². The van der Waals surface area contributed by atoms with E-state index in [2.05, 4.69) is 20.9 Å². The first-order valence-electron chi connectivity index (χ1n) is 3.93. The second-order valence-corrected chi connectivity index (χ2v) is 4.02. The molecule has 0 saturated heterocycles. The standard InChI is InChI=1S/C9H7BrClN3/c10-7-5-6(1-2-8(7)11)14-4-3-13-9(14)12/h1-5H,(H2,12,13). The van der Waals surface area contributed by atoms with Crippen LogP contribution >= 0.6 is 27.5 Å². The molecule has 14 heavy (non-hydrogen) atoms. The summed E-state index contributed by atoms with van der Waals surface area (Å²) in [6, 6.07) is 5.58. The van der Waals surface area contributed by atoms with Crippen molar-refractivity contribution in [3.05, 3.63) is 40.1 Å². The first-order chi connectivity index (χ1) is 6.68. The average molecular weight is 273 g/mol. The fourth-order valence-corrected chi connectivity index (χ4v) is 1.65. The molecular weight excluding hydrogens is 265 g/mol. The number of halogens is 2. The van der Waals surface area contributed by atoms with Crippen molar-refractivity contribution in [2.45, 2.75) is 0 Å². The Kier molecular flexibility index (Phi) is 2.48. The number of nitrogens with zero attached hydrogens (tertiary/aromatic N) is 2. The summed E-state index contributed by atoms with van der Waals surface area (Å²) in [6.07, 6.45) is 3.45. The normalized spacial score (nSPS) is 10.4. The number of hydrogen-bond donors (Lipinski definition) is 1. The molecule has 1 aromatic heterocycles. The van der Waals surface area contributed by atoms with Gasteiger partial charge in [0.15, 0.2) is 0 Å². The van der Waals surface area contributed by atoms with E-state index >= 15 is 0 Å². The Bertz CT molecular complexity index is 467. The Balaban J connectivity index is 2.53. The van der Waals surface area contributed by atoms with Crippen molar-refractivity contribution < 1.29 is 0 Å². The quantitative estimate of drug-likeness (QED) is 0.867. The maximum absolute atomic E-state index is 5.88. The molecule has 0 radical (unpaired) electrons. The van der Waals surface area contributed by atoms with Gasteiger partial charge in [-0.05, 0) is 34.1 Å². The summed E-state index contributed by atoms with van der Waals surface area (Å²) in [5.41, 5.74) is 6.59. The highest BCUT2D eigenvalue weighted by Crippen LogP contribution is 2.25. The van der Waals surface area contributed by atoms with E-state index in [1.807, 2.05) is 12.1 Å². The molecule has 72 valence electrons. The van der Waals surface area contributed by atoms with Gasteiger partial charge in [0.1, 0.15) is 0 Å². The molecule has 0 saturated carbocycles. The Hall–Kier alpha value is -1.000. The van der Waals surface area contributed by atoms with Crippen LogP contribution in [0.2, 0.25) is 5.02 Å². The Labute approximate surface area is 94.6 Å². The molecule has 0 fully saturated rings. The third-order valence-electron chi connectivity index (χ3n) is 1.85. The molecule has 0 spiro atoms. The number of hydrogen-bond acceptors (Lipinski definition) is 2. The van der Waals surface area contributed by atoms with Crippen LogP contribution in [0.3, 0.4) is 0 Å². The molecule has 2 rings (SSSR count). The van der Waals surface area contributed by atoms with E-state index in [9.17, 15) is 0 Å². The molecule has 0 aliphatic carbocycles. The zero-order valence-electron chi connectivity index (χ0n) is 7.11. The SMILES string of the molecule is Nc1nccn1-c1ccc(Cl)c(Br)c1. The zero-order valence-corrected chi connectivity index (χ0v) is 9.46. The van der Waals surface area contributed by atoms with Gasteiger partial charge in [-0.15, -0.1) is 0 Å². The van der Waals surface area contributed by atoms with Crippen molar-refractivity contribution in [1.82, 2.24) is 9.55 Å². The molecule has 0 bridgehead atoms. The van der Waals surface area contributed by atoms with Gasteiger partial charge in [-0.3, -0.25) is 4.57 Å². The van der Waals surface area contributed by atoms with Gasteiger partial charge in [-0.25, -0.2) is 4.98 Å². The number of rotatable bonds is 1. The second-order valence-electron chi connectivity index (χ2n) is 2.75. The summed E-state index contributed by atoms with van der Waals surface area (Å²) in [5.74, 6) is 0.458. The van der Waals surface area contributed by atoms with E-state index in [1.165, 1.54) is 0 Å². The minimum Gasteiger partial charge on any atom is -0.369 e. The summed E-state index contributed by atoms with van der Waals surface area (Å²) in [6.45, 7) is 0. The maximum atomic E-state index is 5.88. The predicted octanol–water partition coefficient (Wildman–Crippen LogP) is 2.87. The van der Waals surface area contributed by atoms with Gasteiger partial charge in [0.05, 0.1) is 5.02 Å². The molecule has 1 aromatic carbocycles. The summed E-state index contributed by atoms with van der Waals surface area (Å²) >= 11 is 9.23. The van der Waals surface area contributed by atoms with E-state index in [4.69, 9.17) is 17.3 Å². The average Bonchev–Trinajstić information content (AvgIpc) is 2.57. The van der Waals surface area contributed by atoms with Crippen LogP contribution in [0.1, 0.15) is 0 Å². The Morgan fingerprint density at radius 3 is 2.79 bits per heavy atom. The number of imidazole rings is 1. The van der Waals surface area contributed by atoms with Crippen molar-refractivity contribution in [3.8, 4) is 5.69 Å². The summed E-state index contributed by atoms with van der Waals surface area (Å²) in [4.78, 5) is 3.94. The van der Waals surface area contributed by atoms with Crippen LogP contribution in [0, 0.1) is 0 Å². The van der Waals surface area contributed by atoms with Crippen molar-refractivity contribution in [2.75, 3.05) is 5.73 Å². The van der Waals surface area contributed by atoms with Gasteiger partial charge in [0, 0.05) is 22.6 Å². The van der Waals surface area contributed by atoms with Crippen LogP contribution < -0.4 is 5.73 Å². The number of anilines is 1. The topological polar surface area (TPSA) is 43.8 Å². The number of nitrogen functional groups attached to an aromatic ring is 1. The fourth-order valence-electron chi connectivity index (χ4n) is 1.17. The molecule has 3 nitrogen and oxygen atoms in total. The summed E-state index contributed by atoms with van der Waals surface area (Å²) in [7, 11) is 0. The van der Waals surface area contributed by atoms with Crippen LogP contribution in [0.4, 0.5) is 5.95 Å². The van der Waals surface area contributed by atoms with Gasteiger partial charge >= 0.3 is 0 Å². The zero-order chi connectivity index (χ0) is 10.1. The maximum Gasteiger partial charge on any atom is 0.204 e. The highest BCUT2D eigenvalue weighted by Gasteiger charge is 2.03. The molecule has 0 atom stereocenters. The molecule has 0 amide bonds. The minimum atomic E-state index is 0.458. The highest BCUT2D eigenvalue weighted by molar-refractivity contribution is 9.10. The number of nitrogens with two attached hydrogens (primary N) is 1. The lowest BCUT2D eigenvalue weighted by Crippen LogP contribution is -1.99. The van der Waals surface area contributed by atoms with Crippen LogP contribution in [0.5, 0.6) is 0 Å². The predicted molar refractivity (Wildman–Crippen MR) is 60.7 cm³/mol. The molecule has 5 heteroatoms. The van der Waals surface area contributed by atoms with E-state index < -0.39 is 0 Å². The fraction of sp³-hybridized carbons (Fsp3) is 0. The van der Waals surface area contributed by atoms with Gasteiger partial charge in [0.2, 0.25) is 5.95 Å². The van der Waals surface area contributed by atoms with Crippen LogP contribution in [0.25, 0.3) is 5.69 Å². The largest absolute Gasteiger partial charge is 0.369 e. The minimum absolute atomic E-state index is 0.458. The third-order valence-corrected chi connectivity index (χ3v) is 3.06. The summed E-state index contributed by atoms with van der Waals surface area (Å²) < 4.78 is 2.62. The Morgan fingerprint density at radius 2 is 2.21 bits per heavy atom. The summed E-state index contributed by atoms with van der Waals surface area (Å²) in [5, 5.41) is 0.674. The second kappa shape index (κ2) is 3.63. The highest BCUT2D eigenvalue weighted by atomic mass is 79.9. The molecule has 1 heterocycles. The molecule has 0 unspecified atom stereocenters. The first-order valence-corrected chi connectivity index (χ1v) is 5.10. The lowest BCUT2D eigenvalue weighted by molar-refractivity contribution is 1.07. The monoisotopic (exact) mass is 271 g/mol. The first kappa shape index (κ1) is 9.55. The molecular formula is C9H7BrClN3. The van der Waals surface area contributed by atoms with Crippen molar-refractivity contribution in [3.63, 3.8) is 0 Å². The van der Waals surface area contributed by atoms with Gasteiger partial charge in [-0.1, -0.05) is 11.6 Å². The van der Waals surface area contributed by atoms with Gasteiger partial charge in [0.25, 0.3) is 0 Å². The smallest absolute Gasteiger partial charge is 0.204 e. The van der Waals surface area contributed by atoms with Gasteiger partial charge in [-0.2, -0.15) is 0 Å². The number of aromatic nitrogens is 2. The molecule has 2 aromatic rings.